The zero-order valence-electron chi connectivity index (χ0n) is 19.5. The summed E-state index contributed by atoms with van der Waals surface area (Å²) in [6, 6.07) is 10.9. The fourth-order valence-electron chi connectivity index (χ4n) is 4.06. The molecule has 1 amide bonds. The van der Waals surface area contributed by atoms with Gasteiger partial charge in [0.05, 0.1) is 37.0 Å². The minimum absolute atomic E-state index is 0.0538. The molecule has 0 atom stereocenters. The van der Waals surface area contributed by atoms with Crippen LogP contribution in [-0.4, -0.2) is 29.7 Å². The Balaban J connectivity index is 1.70. The molecular weight excluding hydrogens is 442 g/mol. The number of methoxy groups -OCH3 is 2. The van der Waals surface area contributed by atoms with Gasteiger partial charge in [-0.1, -0.05) is 37.6 Å². The predicted octanol–water partition coefficient (Wildman–Crippen LogP) is 4.68. The second-order valence-electron chi connectivity index (χ2n) is 7.92. The minimum Gasteiger partial charge on any atom is -0.493 e. The van der Waals surface area contributed by atoms with Crippen LogP contribution in [0.15, 0.2) is 47.5 Å². The summed E-state index contributed by atoms with van der Waals surface area (Å²) in [4.78, 5) is 30.1. The van der Waals surface area contributed by atoms with E-state index < -0.39 is 5.54 Å². The molecule has 33 heavy (non-hydrogen) atoms. The highest BCUT2D eigenvalue weighted by Gasteiger charge is 2.30. The van der Waals surface area contributed by atoms with Crippen LogP contribution in [0.2, 0.25) is 5.02 Å². The predicted molar refractivity (Wildman–Crippen MR) is 130 cm³/mol. The van der Waals surface area contributed by atoms with Crippen molar-refractivity contribution in [2.75, 3.05) is 14.2 Å². The number of halogens is 1. The molecule has 1 N–H and O–H groups in total. The fourth-order valence-corrected chi connectivity index (χ4v) is 4.19. The zero-order chi connectivity index (χ0) is 24.0. The summed E-state index contributed by atoms with van der Waals surface area (Å²) >= 11 is 6.03. The number of aryl methyl sites for hydroxylation is 1. The molecule has 0 unspecified atom stereocenters. The van der Waals surface area contributed by atoms with Crippen LogP contribution in [0.3, 0.4) is 0 Å². The van der Waals surface area contributed by atoms with E-state index >= 15 is 0 Å². The van der Waals surface area contributed by atoms with Gasteiger partial charge in [-0.3, -0.25) is 14.2 Å². The van der Waals surface area contributed by atoms with E-state index in [2.05, 4.69) is 24.1 Å². The molecular formula is C25H30ClN3O4. The molecule has 0 aliphatic heterocycles. The summed E-state index contributed by atoms with van der Waals surface area (Å²) in [6.07, 6.45) is 3.83. The Hall–Kier alpha value is -3.06. The van der Waals surface area contributed by atoms with Gasteiger partial charge in [-0.05, 0) is 43.0 Å². The van der Waals surface area contributed by atoms with Crippen molar-refractivity contribution in [1.82, 2.24) is 14.9 Å². The monoisotopic (exact) mass is 471 g/mol. The molecule has 2 aromatic carbocycles. The molecule has 3 aromatic rings. The number of nitrogens with one attached hydrogen (secondary N) is 1. The number of benzene rings is 2. The second-order valence-corrected chi connectivity index (χ2v) is 8.35. The van der Waals surface area contributed by atoms with Crippen molar-refractivity contribution in [2.45, 2.75) is 51.6 Å². The zero-order valence-corrected chi connectivity index (χ0v) is 20.2. The lowest BCUT2D eigenvalue weighted by Crippen LogP contribution is -2.45. The molecule has 0 fully saturated rings. The molecule has 1 aromatic heterocycles. The van der Waals surface area contributed by atoms with Gasteiger partial charge in [0, 0.05) is 24.1 Å². The third-order valence-electron chi connectivity index (χ3n) is 6.11. The summed E-state index contributed by atoms with van der Waals surface area (Å²) in [5.41, 5.74) is 0.937. The molecule has 7 nitrogen and oxygen atoms in total. The number of ether oxygens (including phenoxy) is 2. The molecule has 176 valence electrons. The highest BCUT2D eigenvalue weighted by atomic mass is 35.5. The first-order valence-corrected chi connectivity index (χ1v) is 11.4. The van der Waals surface area contributed by atoms with Crippen LogP contribution in [0.25, 0.3) is 10.9 Å². The van der Waals surface area contributed by atoms with E-state index in [1.807, 2.05) is 24.3 Å². The number of carbonyl (C=O) groups is 1. The highest BCUT2D eigenvalue weighted by Crippen LogP contribution is 2.31. The van der Waals surface area contributed by atoms with Gasteiger partial charge >= 0.3 is 0 Å². The second kappa shape index (κ2) is 10.7. The van der Waals surface area contributed by atoms with Crippen molar-refractivity contribution in [1.29, 1.82) is 0 Å². The van der Waals surface area contributed by atoms with E-state index in [0.717, 1.165) is 18.4 Å². The van der Waals surface area contributed by atoms with Crippen molar-refractivity contribution in [3.8, 4) is 11.5 Å². The first-order chi connectivity index (χ1) is 15.9. The van der Waals surface area contributed by atoms with Gasteiger partial charge in [0.15, 0.2) is 11.5 Å². The number of fused-ring (bicyclic) bond motifs is 1. The number of aromatic nitrogens is 2. The maximum absolute atomic E-state index is 12.9. The topological polar surface area (TPSA) is 82.5 Å². The van der Waals surface area contributed by atoms with Crippen LogP contribution >= 0.6 is 11.6 Å². The Morgan fingerprint density at radius 1 is 1.09 bits per heavy atom. The van der Waals surface area contributed by atoms with Crippen LogP contribution in [0, 0.1) is 0 Å². The number of carbonyl (C=O) groups excluding carboxylic acids is 1. The SMILES string of the molecule is CCC(CC)(NC(=O)CCCn1cnc2cc(OC)c(OC)cc2c1=O)c1ccc(Cl)cc1. The largest absolute Gasteiger partial charge is 0.493 e. The quantitative estimate of drug-likeness (QED) is 0.464. The maximum atomic E-state index is 12.9. The van der Waals surface area contributed by atoms with Gasteiger partial charge in [0.25, 0.3) is 5.56 Å². The number of rotatable bonds is 10. The van der Waals surface area contributed by atoms with E-state index in [4.69, 9.17) is 21.1 Å². The van der Waals surface area contributed by atoms with Crippen LogP contribution in [0.4, 0.5) is 0 Å². The lowest BCUT2D eigenvalue weighted by atomic mass is 9.84. The van der Waals surface area contributed by atoms with E-state index in [0.29, 0.717) is 46.8 Å². The molecule has 3 rings (SSSR count). The van der Waals surface area contributed by atoms with Crippen molar-refractivity contribution in [3.05, 3.63) is 63.7 Å². The van der Waals surface area contributed by atoms with Gasteiger partial charge in [-0.25, -0.2) is 4.98 Å². The molecule has 0 aliphatic carbocycles. The van der Waals surface area contributed by atoms with E-state index in [9.17, 15) is 9.59 Å². The van der Waals surface area contributed by atoms with Gasteiger partial charge in [-0.2, -0.15) is 0 Å². The minimum atomic E-state index is -0.446. The number of hydrogen-bond donors (Lipinski definition) is 1. The van der Waals surface area contributed by atoms with Crippen LogP contribution in [0.1, 0.15) is 45.1 Å². The molecule has 0 spiro atoms. The Kier molecular flexibility index (Phi) is 7.97. The lowest BCUT2D eigenvalue weighted by molar-refractivity contribution is -0.123. The van der Waals surface area contributed by atoms with Gasteiger partial charge < -0.3 is 14.8 Å². The Morgan fingerprint density at radius 2 is 1.73 bits per heavy atom. The average molecular weight is 472 g/mol. The van der Waals surface area contributed by atoms with Crippen LogP contribution < -0.4 is 20.3 Å². The molecule has 0 saturated carbocycles. The van der Waals surface area contributed by atoms with Crippen LogP contribution in [-0.2, 0) is 16.9 Å². The molecule has 0 saturated heterocycles. The lowest BCUT2D eigenvalue weighted by Gasteiger charge is -2.33. The Morgan fingerprint density at radius 3 is 2.33 bits per heavy atom. The Bertz CT molecular complexity index is 1170. The molecule has 0 radical (unpaired) electrons. The van der Waals surface area contributed by atoms with Crippen molar-refractivity contribution in [3.63, 3.8) is 0 Å². The number of amides is 1. The summed E-state index contributed by atoms with van der Waals surface area (Å²) in [5, 5.41) is 4.31. The van der Waals surface area contributed by atoms with E-state index in [1.54, 1.807) is 12.1 Å². The van der Waals surface area contributed by atoms with E-state index in [1.165, 1.54) is 25.1 Å². The first kappa shape index (κ1) is 24.6. The van der Waals surface area contributed by atoms with Crippen LogP contribution in [0.5, 0.6) is 11.5 Å². The smallest absolute Gasteiger partial charge is 0.261 e. The standard InChI is InChI=1S/C25H30ClN3O4/c1-5-25(6-2,17-9-11-18(26)12-10-17)28-23(30)8-7-13-29-16-27-20-15-22(33-4)21(32-3)14-19(20)24(29)31/h9-12,14-16H,5-8,13H2,1-4H3,(H,28,30). The normalized spacial score (nSPS) is 11.4. The molecule has 8 heteroatoms. The molecule has 1 heterocycles. The van der Waals surface area contributed by atoms with Crippen molar-refractivity contribution in [2.24, 2.45) is 0 Å². The maximum Gasteiger partial charge on any atom is 0.261 e. The number of nitrogens with zero attached hydrogens (tertiary/aromatic N) is 2. The van der Waals surface area contributed by atoms with Crippen molar-refractivity contribution < 1.29 is 14.3 Å². The molecule has 0 bridgehead atoms. The summed E-state index contributed by atoms with van der Waals surface area (Å²) in [7, 11) is 3.06. The van der Waals surface area contributed by atoms with Gasteiger partial charge in [0.1, 0.15) is 0 Å². The summed E-state index contributed by atoms with van der Waals surface area (Å²) in [5.74, 6) is 0.933. The van der Waals surface area contributed by atoms with Gasteiger partial charge in [0.2, 0.25) is 5.91 Å². The molecule has 0 aliphatic rings. The van der Waals surface area contributed by atoms with E-state index in [-0.39, 0.29) is 11.5 Å². The highest BCUT2D eigenvalue weighted by molar-refractivity contribution is 6.30. The third-order valence-corrected chi connectivity index (χ3v) is 6.37. The number of hydrogen-bond acceptors (Lipinski definition) is 5. The summed E-state index contributed by atoms with van der Waals surface area (Å²) in [6.45, 7) is 4.50. The average Bonchev–Trinajstić information content (AvgIpc) is 2.83. The summed E-state index contributed by atoms with van der Waals surface area (Å²) < 4.78 is 12.1. The van der Waals surface area contributed by atoms with Gasteiger partial charge in [-0.15, -0.1) is 0 Å². The Labute approximate surface area is 198 Å². The third kappa shape index (κ3) is 5.30. The first-order valence-electron chi connectivity index (χ1n) is 11.1. The fraction of sp³-hybridized carbons (Fsp3) is 0.400. The van der Waals surface area contributed by atoms with Crippen molar-refractivity contribution >= 4 is 28.4 Å².